The van der Waals surface area contributed by atoms with Crippen LogP contribution in [0, 0.1) is 6.92 Å². The van der Waals surface area contributed by atoms with Crippen LogP contribution in [0.4, 0.5) is 5.82 Å². The van der Waals surface area contributed by atoms with E-state index in [0.29, 0.717) is 0 Å². The van der Waals surface area contributed by atoms with Crippen LogP contribution in [0.25, 0.3) is 0 Å². The molecule has 0 fully saturated rings. The van der Waals surface area contributed by atoms with Crippen LogP contribution >= 0.6 is 15.9 Å². The van der Waals surface area contributed by atoms with E-state index in [1.165, 1.54) is 0 Å². The van der Waals surface area contributed by atoms with Gasteiger partial charge < -0.3 is 10.1 Å². The van der Waals surface area contributed by atoms with Gasteiger partial charge >= 0.3 is 0 Å². The second-order valence-corrected chi connectivity index (χ2v) is 4.39. The van der Waals surface area contributed by atoms with Gasteiger partial charge in [0.1, 0.15) is 11.9 Å². The molecule has 0 radical (unpaired) electrons. The monoisotopic (exact) mass is 287 g/mol. The number of methoxy groups -OCH3 is 1. The molecule has 0 saturated carbocycles. The van der Waals surface area contributed by atoms with E-state index < -0.39 is 0 Å². The molecule has 0 bridgehead atoms. The van der Waals surface area contributed by atoms with Crippen molar-refractivity contribution in [1.82, 2.24) is 9.97 Å². The highest BCUT2D eigenvalue weighted by Gasteiger charge is 2.16. The Balaban J connectivity index is 3.08. The van der Waals surface area contributed by atoms with E-state index in [1.807, 2.05) is 14.0 Å². The lowest BCUT2D eigenvalue weighted by atomic mass is 10.2. The maximum Gasteiger partial charge on any atom is 0.159 e. The number of ether oxygens (including phenoxy) is 1. The van der Waals surface area contributed by atoms with Crippen LogP contribution in [0.15, 0.2) is 4.47 Å². The maximum atomic E-state index is 5.40. The molecular weight excluding hydrogens is 270 g/mol. The lowest BCUT2D eigenvalue weighted by molar-refractivity contribution is 0.0875. The molecule has 4 nitrogen and oxygen atoms in total. The van der Waals surface area contributed by atoms with Crippen molar-refractivity contribution in [2.45, 2.75) is 32.8 Å². The highest BCUT2D eigenvalue weighted by Crippen LogP contribution is 2.26. The number of nitrogens with zero attached hydrogens (tertiary/aromatic N) is 2. The molecule has 0 aliphatic heterocycles. The third kappa shape index (κ3) is 2.92. The molecular formula is C11H18BrN3O. The Hall–Kier alpha value is -0.680. The molecule has 1 rings (SSSR count). The Bertz CT molecular complexity index is 357. The molecule has 1 N–H and O–H groups in total. The van der Waals surface area contributed by atoms with Crippen molar-refractivity contribution >= 4 is 21.7 Å². The summed E-state index contributed by atoms with van der Waals surface area (Å²) >= 11 is 3.46. The Morgan fingerprint density at radius 2 is 2.12 bits per heavy atom. The van der Waals surface area contributed by atoms with Gasteiger partial charge in [-0.15, -0.1) is 0 Å². The Kier molecular flexibility index (Phi) is 5.15. The van der Waals surface area contributed by atoms with Crippen LogP contribution in [-0.4, -0.2) is 24.1 Å². The zero-order chi connectivity index (χ0) is 12.1. The standard InChI is InChI=1S/C11H18BrN3O/c1-5-6-8(16-4)10-14-7(2)9(12)11(13-3)15-10/h8H,5-6H2,1-4H3,(H,13,14,15). The fourth-order valence-corrected chi connectivity index (χ4v) is 1.88. The zero-order valence-electron chi connectivity index (χ0n) is 10.2. The number of halogens is 1. The number of hydrogen-bond donors (Lipinski definition) is 1. The predicted octanol–water partition coefficient (Wildman–Crippen LogP) is 3.08. The van der Waals surface area contributed by atoms with Crippen LogP contribution in [0.2, 0.25) is 0 Å². The summed E-state index contributed by atoms with van der Waals surface area (Å²) < 4.78 is 6.31. The van der Waals surface area contributed by atoms with E-state index in [-0.39, 0.29) is 6.10 Å². The van der Waals surface area contributed by atoms with Crippen molar-refractivity contribution in [3.05, 3.63) is 16.0 Å². The Labute approximate surface area is 105 Å². The van der Waals surface area contributed by atoms with Crippen LogP contribution in [0.1, 0.15) is 37.4 Å². The first-order valence-corrected chi connectivity index (χ1v) is 6.17. The average Bonchev–Trinajstić information content (AvgIpc) is 2.29. The van der Waals surface area contributed by atoms with Gasteiger partial charge in [-0.2, -0.15) is 0 Å². The molecule has 0 amide bonds. The number of aryl methyl sites for hydroxylation is 1. The largest absolute Gasteiger partial charge is 0.373 e. The van der Waals surface area contributed by atoms with Crippen LogP contribution in [-0.2, 0) is 4.74 Å². The molecule has 90 valence electrons. The second-order valence-electron chi connectivity index (χ2n) is 3.59. The molecule has 0 spiro atoms. The van der Waals surface area contributed by atoms with Crippen LogP contribution in [0.5, 0.6) is 0 Å². The number of nitrogens with one attached hydrogen (secondary N) is 1. The number of anilines is 1. The molecule has 0 saturated heterocycles. The zero-order valence-corrected chi connectivity index (χ0v) is 11.8. The highest BCUT2D eigenvalue weighted by molar-refractivity contribution is 9.10. The van der Waals surface area contributed by atoms with Crippen molar-refractivity contribution in [2.24, 2.45) is 0 Å². The minimum atomic E-state index is -0.0242. The summed E-state index contributed by atoms with van der Waals surface area (Å²) in [6.07, 6.45) is 1.95. The summed E-state index contributed by atoms with van der Waals surface area (Å²) in [6, 6.07) is 0. The van der Waals surface area contributed by atoms with Crippen LogP contribution < -0.4 is 5.32 Å². The summed E-state index contributed by atoms with van der Waals surface area (Å²) in [6.45, 7) is 4.07. The van der Waals surface area contributed by atoms with Gasteiger partial charge in [-0.1, -0.05) is 13.3 Å². The Morgan fingerprint density at radius 3 is 2.62 bits per heavy atom. The molecule has 1 unspecified atom stereocenters. The molecule has 1 heterocycles. The smallest absolute Gasteiger partial charge is 0.159 e. The predicted molar refractivity (Wildman–Crippen MR) is 68.7 cm³/mol. The minimum absolute atomic E-state index is 0.0242. The second kappa shape index (κ2) is 6.15. The van der Waals surface area contributed by atoms with E-state index in [1.54, 1.807) is 7.11 Å². The molecule has 5 heteroatoms. The number of hydrogen-bond acceptors (Lipinski definition) is 4. The minimum Gasteiger partial charge on any atom is -0.373 e. The lowest BCUT2D eigenvalue weighted by Gasteiger charge is -2.15. The van der Waals surface area contributed by atoms with Gasteiger partial charge in [0.25, 0.3) is 0 Å². The molecule has 0 aromatic carbocycles. The first kappa shape index (κ1) is 13.4. The summed E-state index contributed by atoms with van der Waals surface area (Å²) in [5, 5.41) is 3.04. The highest BCUT2D eigenvalue weighted by atomic mass is 79.9. The molecule has 1 atom stereocenters. The number of rotatable bonds is 5. The average molecular weight is 288 g/mol. The van der Waals surface area contributed by atoms with Crippen molar-refractivity contribution in [2.75, 3.05) is 19.5 Å². The summed E-state index contributed by atoms with van der Waals surface area (Å²) in [5.41, 5.74) is 0.924. The maximum absolute atomic E-state index is 5.40. The lowest BCUT2D eigenvalue weighted by Crippen LogP contribution is -2.10. The molecule has 0 aliphatic carbocycles. The fourth-order valence-electron chi connectivity index (χ4n) is 1.51. The summed E-state index contributed by atoms with van der Waals surface area (Å²) in [7, 11) is 3.54. The van der Waals surface area contributed by atoms with E-state index in [2.05, 4.69) is 38.1 Å². The molecule has 0 aliphatic rings. The first-order chi connectivity index (χ1) is 7.63. The van der Waals surface area contributed by atoms with Gasteiger partial charge in [-0.25, -0.2) is 9.97 Å². The normalized spacial score (nSPS) is 12.6. The Morgan fingerprint density at radius 1 is 1.44 bits per heavy atom. The van der Waals surface area contributed by atoms with Crippen molar-refractivity contribution in [1.29, 1.82) is 0 Å². The first-order valence-electron chi connectivity index (χ1n) is 5.38. The molecule has 1 aromatic heterocycles. The molecule has 16 heavy (non-hydrogen) atoms. The quantitative estimate of drug-likeness (QED) is 0.904. The van der Waals surface area contributed by atoms with E-state index in [0.717, 1.165) is 34.7 Å². The van der Waals surface area contributed by atoms with Gasteiger partial charge in [0.2, 0.25) is 0 Å². The van der Waals surface area contributed by atoms with E-state index in [9.17, 15) is 0 Å². The van der Waals surface area contributed by atoms with Gasteiger partial charge in [-0.05, 0) is 29.3 Å². The van der Waals surface area contributed by atoms with E-state index >= 15 is 0 Å². The number of aromatic nitrogens is 2. The van der Waals surface area contributed by atoms with Crippen LogP contribution in [0.3, 0.4) is 0 Å². The topological polar surface area (TPSA) is 47.0 Å². The van der Waals surface area contributed by atoms with Gasteiger partial charge in [0.15, 0.2) is 5.82 Å². The van der Waals surface area contributed by atoms with Gasteiger partial charge in [0, 0.05) is 14.2 Å². The van der Waals surface area contributed by atoms with Gasteiger partial charge in [0.05, 0.1) is 10.2 Å². The van der Waals surface area contributed by atoms with Gasteiger partial charge in [-0.3, -0.25) is 0 Å². The summed E-state index contributed by atoms with van der Waals surface area (Å²) in [4.78, 5) is 8.90. The fraction of sp³-hybridized carbons (Fsp3) is 0.636. The molecule has 1 aromatic rings. The van der Waals surface area contributed by atoms with E-state index in [4.69, 9.17) is 4.74 Å². The third-order valence-electron chi connectivity index (χ3n) is 2.39. The van der Waals surface area contributed by atoms with Crippen molar-refractivity contribution in [3.8, 4) is 0 Å². The third-order valence-corrected chi connectivity index (χ3v) is 3.34. The van der Waals surface area contributed by atoms with Crippen molar-refractivity contribution < 1.29 is 4.74 Å². The van der Waals surface area contributed by atoms with Crippen molar-refractivity contribution in [3.63, 3.8) is 0 Å². The SMILES string of the molecule is CCCC(OC)c1nc(C)c(Br)c(NC)n1. The summed E-state index contributed by atoms with van der Waals surface area (Å²) in [5.74, 6) is 1.55.